The summed E-state index contributed by atoms with van der Waals surface area (Å²) in [5.74, 6) is 1.27. The average Bonchev–Trinajstić information content (AvgIpc) is 3.30. The van der Waals surface area contributed by atoms with Crippen LogP contribution in [0.2, 0.25) is 0 Å². The van der Waals surface area contributed by atoms with Gasteiger partial charge < -0.3 is 14.2 Å². The molecule has 6 nitrogen and oxygen atoms in total. The maximum atomic E-state index is 11.9. The molecule has 1 amide bonds. The first-order chi connectivity index (χ1) is 13.3. The molecule has 3 aliphatic heterocycles. The molecule has 6 atom stereocenters. The molecule has 3 saturated heterocycles. The van der Waals surface area contributed by atoms with Crippen molar-refractivity contribution in [3.8, 4) is 5.75 Å². The van der Waals surface area contributed by atoms with E-state index < -0.39 is 6.09 Å². The molecule has 3 aliphatic rings. The molecule has 0 radical (unpaired) electrons. The van der Waals surface area contributed by atoms with Crippen molar-refractivity contribution in [1.82, 2.24) is 10.9 Å². The summed E-state index contributed by atoms with van der Waals surface area (Å²) in [6.07, 6.45) is 9.50. The molecular weight excluding hydrogens is 344 g/mol. The van der Waals surface area contributed by atoms with Crippen molar-refractivity contribution in [2.45, 2.75) is 57.0 Å². The minimum Gasteiger partial charge on any atom is -0.409 e. The van der Waals surface area contributed by atoms with E-state index >= 15 is 0 Å². The predicted octanol–water partition coefficient (Wildman–Crippen LogP) is 3.20. The van der Waals surface area contributed by atoms with Gasteiger partial charge in [-0.05, 0) is 30.9 Å². The van der Waals surface area contributed by atoms with Crippen LogP contribution in [0.15, 0.2) is 42.5 Å². The Balaban J connectivity index is 1.25. The zero-order valence-electron chi connectivity index (χ0n) is 15.7. The molecule has 0 unspecified atom stereocenters. The lowest BCUT2D eigenvalue weighted by atomic mass is 9.77. The van der Waals surface area contributed by atoms with E-state index in [4.69, 9.17) is 14.2 Å². The lowest BCUT2D eigenvalue weighted by Gasteiger charge is -2.25. The van der Waals surface area contributed by atoms with Crippen molar-refractivity contribution < 1.29 is 19.0 Å². The van der Waals surface area contributed by atoms with Gasteiger partial charge in [0.15, 0.2) is 0 Å². The fourth-order valence-corrected chi connectivity index (χ4v) is 4.31. The van der Waals surface area contributed by atoms with Crippen molar-refractivity contribution in [1.29, 1.82) is 0 Å². The number of hydrazine groups is 1. The first-order valence-electron chi connectivity index (χ1n) is 9.99. The van der Waals surface area contributed by atoms with Crippen LogP contribution < -0.4 is 15.6 Å². The van der Waals surface area contributed by atoms with Gasteiger partial charge in [-0.1, -0.05) is 50.1 Å². The third-order valence-corrected chi connectivity index (χ3v) is 5.70. The lowest BCUT2D eigenvalue weighted by Crippen LogP contribution is -2.46. The standard InChI is InChI=1S/C21H28N2O4/c1-2-3-4-5-9-12-15-16(18-20-19(27-20)17(15)26-18)13-22-23-21(24)25-14-10-7-6-8-11-14/h5-11,15-20,22H,2-4,12-13H2,1H3,(H,23,24)/t15-,16+,17+,18-,19-,20+/m0/s1. The Morgan fingerprint density at radius 2 is 1.81 bits per heavy atom. The number of amides is 1. The third-order valence-electron chi connectivity index (χ3n) is 5.70. The zero-order chi connectivity index (χ0) is 18.6. The number of carbonyl (C=O) groups is 1. The highest BCUT2D eigenvalue weighted by molar-refractivity contribution is 5.69. The topological polar surface area (TPSA) is 72.1 Å². The normalized spacial score (nSPS) is 33.2. The number of fused-ring (bicyclic) bond motifs is 5. The summed E-state index contributed by atoms with van der Waals surface area (Å²) in [5, 5.41) is 0. The molecule has 0 aliphatic carbocycles. The second-order valence-electron chi connectivity index (χ2n) is 7.52. The van der Waals surface area contributed by atoms with Gasteiger partial charge in [-0.25, -0.2) is 10.2 Å². The van der Waals surface area contributed by atoms with Crippen LogP contribution in [0.3, 0.4) is 0 Å². The van der Waals surface area contributed by atoms with E-state index in [1.807, 2.05) is 18.2 Å². The molecular formula is C21H28N2O4. The summed E-state index contributed by atoms with van der Waals surface area (Å²) in [6.45, 7) is 2.85. The van der Waals surface area contributed by atoms with Gasteiger partial charge in [0.1, 0.15) is 18.0 Å². The Morgan fingerprint density at radius 3 is 2.59 bits per heavy atom. The van der Waals surface area contributed by atoms with Crippen LogP contribution in [0.5, 0.6) is 5.75 Å². The second kappa shape index (κ2) is 8.42. The zero-order valence-corrected chi connectivity index (χ0v) is 15.7. The molecule has 146 valence electrons. The quantitative estimate of drug-likeness (QED) is 0.301. The minimum absolute atomic E-state index is 0.133. The number of rotatable bonds is 9. The van der Waals surface area contributed by atoms with Crippen LogP contribution in [0.1, 0.15) is 32.6 Å². The Hall–Kier alpha value is -1.89. The van der Waals surface area contributed by atoms with Gasteiger partial charge in [0, 0.05) is 12.5 Å². The number of ether oxygens (including phenoxy) is 3. The first-order valence-corrected chi connectivity index (χ1v) is 9.99. The van der Waals surface area contributed by atoms with Crippen LogP contribution in [0, 0.1) is 11.8 Å². The molecule has 4 rings (SSSR count). The van der Waals surface area contributed by atoms with Crippen molar-refractivity contribution >= 4 is 6.09 Å². The Labute approximate surface area is 160 Å². The highest BCUT2D eigenvalue weighted by Crippen LogP contribution is 2.54. The SMILES string of the molecule is CCCCC=CC[C@H]1[C@@H](CNNC(=O)Oc2ccccc2)[C@@H]2O[C@H]1[C@@H]1O[C@@H]12. The molecule has 1 aromatic rings. The largest absolute Gasteiger partial charge is 0.427 e. The molecule has 3 heterocycles. The highest BCUT2D eigenvalue weighted by atomic mass is 16.7. The van der Waals surface area contributed by atoms with Crippen LogP contribution in [0.25, 0.3) is 0 Å². The number of para-hydroxylation sites is 1. The van der Waals surface area contributed by atoms with Gasteiger partial charge in [-0.3, -0.25) is 5.43 Å². The fourth-order valence-electron chi connectivity index (χ4n) is 4.31. The van der Waals surface area contributed by atoms with E-state index in [9.17, 15) is 4.79 Å². The van der Waals surface area contributed by atoms with Gasteiger partial charge in [0.25, 0.3) is 0 Å². The number of hydrogen-bond donors (Lipinski definition) is 2. The van der Waals surface area contributed by atoms with E-state index in [2.05, 4.69) is 29.9 Å². The summed E-state index contributed by atoms with van der Waals surface area (Å²) in [6, 6.07) is 9.02. The van der Waals surface area contributed by atoms with Gasteiger partial charge >= 0.3 is 6.09 Å². The summed E-state index contributed by atoms with van der Waals surface area (Å²) in [7, 11) is 0. The molecule has 0 saturated carbocycles. The molecule has 3 fully saturated rings. The number of allylic oxidation sites excluding steroid dienone is 2. The maximum absolute atomic E-state index is 11.9. The van der Waals surface area contributed by atoms with Crippen LogP contribution >= 0.6 is 0 Å². The Bertz CT molecular complexity index is 665. The predicted molar refractivity (Wildman–Crippen MR) is 101 cm³/mol. The number of nitrogens with one attached hydrogen (secondary N) is 2. The van der Waals surface area contributed by atoms with E-state index in [0.29, 0.717) is 24.1 Å². The average molecular weight is 372 g/mol. The second-order valence-corrected chi connectivity index (χ2v) is 7.52. The Morgan fingerprint density at radius 1 is 1.07 bits per heavy atom. The van der Waals surface area contributed by atoms with E-state index in [-0.39, 0.29) is 24.4 Å². The van der Waals surface area contributed by atoms with Crippen molar-refractivity contribution in [2.75, 3.05) is 6.54 Å². The summed E-state index contributed by atoms with van der Waals surface area (Å²) in [4.78, 5) is 11.9. The number of unbranched alkanes of at least 4 members (excludes halogenated alkanes) is 2. The van der Waals surface area contributed by atoms with Crippen LogP contribution in [-0.4, -0.2) is 37.1 Å². The third kappa shape index (κ3) is 4.18. The van der Waals surface area contributed by atoms with Crippen LogP contribution in [-0.2, 0) is 9.47 Å². The number of epoxide rings is 1. The monoisotopic (exact) mass is 372 g/mol. The molecule has 0 aromatic heterocycles. The first kappa shape index (κ1) is 18.5. The van der Waals surface area contributed by atoms with E-state index in [0.717, 1.165) is 12.8 Å². The molecule has 2 bridgehead atoms. The lowest BCUT2D eigenvalue weighted by molar-refractivity contribution is 0.00665. The highest BCUT2D eigenvalue weighted by Gasteiger charge is 2.68. The smallest absolute Gasteiger partial charge is 0.409 e. The molecule has 1 aromatic carbocycles. The van der Waals surface area contributed by atoms with Gasteiger partial charge in [0.05, 0.1) is 12.2 Å². The molecule has 27 heavy (non-hydrogen) atoms. The maximum Gasteiger partial charge on any atom is 0.427 e. The van der Waals surface area contributed by atoms with E-state index in [1.165, 1.54) is 12.8 Å². The fraction of sp³-hybridized carbons (Fsp3) is 0.571. The van der Waals surface area contributed by atoms with Crippen LogP contribution in [0.4, 0.5) is 4.79 Å². The molecule has 6 heteroatoms. The minimum atomic E-state index is -0.512. The number of carbonyl (C=O) groups excluding carboxylic acids is 1. The van der Waals surface area contributed by atoms with Gasteiger partial charge in [0.2, 0.25) is 0 Å². The number of hydrogen-bond acceptors (Lipinski definition) is 5. The Kier molecular flexibility index (Phi) is 5.76. The van der Waals surface area contributed by atoms with E-state index in [1.54, 1.807) is 12.1 Å². The summed E-state index contributed by atoms with van der Waals surface area (Å²) >= 11 is 0. The van der Waals surface area contributed by atoms with Crippen molar-refractivity contribution in [3.05, 3.63) is 42.5 Å². The molecule has 2 N–H and O–H groups in total. The summed E-state index contributed by atoms with van der Waals surface area (Å²) < 4.78 is 17.1. The van der Waals surface area contributed by atoms with Gasteiger partial charge in [-0.15, -0.1) is 0 Å². The number of benzene rings is 1. The van der Waals surface area contributed by atoms with Crippen molar-refractivity contribution in [3.63, 3.8) is 0 Å². The summed E-state index contributed by atoms with van der Waals surface area (Å²) in [5.41, 5.74) is 5.65. The van der Waals surface area contributed by atoms with Gasteiger partial charge in [-0.2, -0.15) is 0 Å². The molecule has 0 spiro atoms. The van der Waals surface area contributed by atoms with Crippen molar-refractivity contribution in [2.24, 2.45) is 11.8 Å².